The molecule has 134 valence electrons. The number of methoxy groups -OCH3 is 1. The highest BCUT2D eigenvalue weighted by Crippen LogP contribution is 2.22. The number of hydrogen-bond acceptors (Lipinski definition) is 6. The molecule has 0 saturated heterocycles. The van der Waals surface area contributed by atoms with E-state index in [0.717, 1.165) is 0 Å². The first-order valence-electron chi connectivity index (χ1n) is 7.40. The summed E-state index contributed by atoms with van der Waals surface area (Å²) in [6.45, 7) is 3.58. The number of rotatable bonds is 6. The lowest BCUT2D eigenvalue weighted by atomic mass is 9.97. The third-order valence-corrected chi connectivity index (χ3v) is 3.13. The van der Waals surface area contributed by atoms with Crippen LogP contribution in [0.4, 0.5) is 0 Å². The van der Waals surface area contributed by atoms with Crippen molar-refractivity contribution in [1.29, 1.82) is 0 Å². The van der Waals surface area contributed by atoms with Crippen molar-refractivity contribution >= 4 is 23.7 Å². The van der Waals surface area contributed by atoms with E-state index in [1.807, 2.05) is 6.92 Å². The molecule has 0 radical (unpaired) electrons. The molecule has 0 aromatic rings. The van der Waals surface area contributed by atoms with E-state index in [4.69, 9.17) is 16.2 Å². The lowest BCUT2D eigenvalue weighted by Crippen LogP contribution is -2.58. The molecule has 24 heavy (non-hydrogen) atoms. The van der Waals surface area contributed by atoms with Crippen molar-refractivity contribution in [2.75, 3.05) is 13.7 Å². The second-order valence-electron chi connectivity index (χ2n) is 5.12. The Kier molecular flexibility index (Phi) is 7.02. The molecule has 0 bridgehead atoms. The van der Waals surface area contributed by atoms with Gasteiger partial charge in [0, 0.05) is 13.5 Å². The van der Waals surface area contributed by atoms with Gasteiger partial charge >= 0.3 is 5.97 Å². The minimum atomic E-state index is -1.19. The molecule has 3 atom stereocenters. The molecule has 10 nitrogen and oxygen atoms in total. The van der Waals surface area contributed by atoms with Crippen molar-refractivity contribution in [2.24, 2.45) is 16.5 Å². The van der Waals surface area contributed by atoms with E-state index in [1.165, 1.54) is 20.1 Å². The Morgan fingerprint density at radius 2 is 2.04 bits per heavy atom. The topological polar surface area (TPSA) is 158 Å². The van der Waals surface area contributed by atoms with Gasteiger partial charge in [-0.2, -0.15) is 0 Å². The van der Waals surface area contributed by atoms with Crippen LogP contribution >= 0.6 is 0 Å². The van der Waals surface area contributed by atoms with Crippen LogP contribution in [0.15, 0.2) is 16.8 Å². The summed E-state index contributed by atoms with van der Waals surface area (Å²) in [5, 5.41) is 5.23. The molecule has 0 saturated carbocycles. The number of nitrogens with one attached hydrogen (secondary N) is 2. The molecule has 2 amide bonds. The van der Waals surface area contributed by atoms with E-state index in [1.54, 1.807) is 0 Å². The van der Waals surface area contributed by atoms with Crippen LogP contribution in [0, 0.1) is 0 Å². The van der Waals surface area contributed by atoms with E-state index in [-0.39, 0.29) is 11.7 Å². The van der Waals surface area contributed by atoms with Crippen molar-refractivity contribution in [3.63, 3.8) is 0 Å². The number of nitrogens with zero attached hydrogens (tertiary/aromatic N) is 1. The molecule has 0 aliphatic carbocycles. The Morgan fingerprint density at radius 3 is 2.54 bits per heavy atom. The van der Waals surface area contributed by atoms with Gasteiger partial charge in [0.05, 0.1) is 7.11 Å². The summed E-state index contributed by atoms with van der Waals surface area (Å²) in [7, 11) is 1.17. The molecule has 1 heterocycles. The summed E-state index contributed by atoms with van der Waals surface area (Å²) < 4.78 is 10.0. The zero-order chi connectivity index (χ0) is 18.3. The number of guanidine groups is 1. The summed E-state index contributed by atoms with van der Waals surface area (Å²) in [6.07, 6.45) is 0.823. The molecule has 0 unspecified atom stereocenters. The minimum Gasteiger partial charge on any atom is -0.471 e. The van der Waals surface area contributed by atoms with Crippen molar-refractivity contribution in [3.8, 4) is 0 Å². The lowest BCUT2D eigenvalue weighted by molar-refractivity contribution is -0.145. The normalized spacial score (nSPS) is 22.5. The van der Waals surface area contributed by atoms with Crippen LogP contribution in [-0.2, 0) is 23.9 Å². The number of carbonyl (C=O) groups excluding carboxylic acids is 3. The van der Waals surface area contributed by atoms with E-state index < -0.39 is 36.0 Å². The summed E-state index contributed by atoms with van der Waals surface area (Å²) in [4.78, 5) is 39.6. The number of carbonyl (C=O) groups is 3. The molecule has 6 N–H and O–H groups in total. The average Bonchev–Trinajstić information content (AvgIpc) is 2.52. The number of nitrogens with two attached hydrogens (primary N) is 2. The molecule has 0 aromatic carbocycles. The van der Waals surface area contributed by atoms with Crippen LogP contribution in [0.5, 0.6) is 0 Å². The highest BCUT2D eigenvalue weighted by atomic mass is 16.6. The molecule has 1 aliphatic rings. The quantitative estimate of drug-likeness (QED) is 0.250. The minimum absolute atomic E-state index is 0.203. The lowest BCUT2D eigenvalue weighted by Gasteiger charge is -2.34. The van der Waals surface area contributed by atoms with Gasteiger partial charge in [0.2, 0.25) is 11.7 Å². The number of esters is 1. The van der Waals surface area contributed by atoms with Crippen LogP contribution in [0.3, 0.4) is 0 Å². The van der Waals surface area contributed by atoms with Crippen molar-refractivity contribution in [3.05, 3.63) is 11.8 Å². The van der Waals surface area contributed by atoms with Gasteiger partial charge in [-0.05, 0) is 12.5 Å². The van der Waals surface area contributed by atoms with Gasteiger partial charge in [-0.3, -0.25) is 9.59 Å². The van der Waals surface area contributed by atoms with E-state index in [2.05, 4.69) is 20.4 Å². The monoisotopic (exact) mass is 341 g/mol. The predicted octanol–water partition coefficient (Wildman–Crippen LogP) is -1.88. The summed E-state index contributed by atoms with van der Waals surface area (Å²) in [5.41, 5.74) is 10.8. The van der Waals surface area contributed by atoms with E-state index in [0.29, 0.717) is 13.0 Å². The Labute approximate surface area is 139 Å². The maximum atomic E-state index is 12.4. The fourth-order valence-corrected chi connectivity index (χ4v) is 2.15. The number of amides is 2. The number of ether oxygens (including phenoxy) is 2. The molecule has 0 spiro atoms. The van der Waals surface area contributed by atoms with Crippen molar-refractivity contribution in [2.45, 2.75) is 38.5 Å². The van der Waals surface area contributed by atoms with E-state index >= 15 is 0 Å². The van der Waals surface area contributed by atoms with Gasteiger partial charge in [0.15, 0.2) is 12.1 Å². The standard InChI is InChI=1S/C14H23N5O5/c1-4-5-17-12(21)11-10(18-7(2)20)8(19-14(15)16)6-9(24-11)13(22)23-3/h6,8,10-11H,4-5H2,1-3H3,(H,17,21)(H,18,20)(H4,15,16,19)/t8-,10+,11+/m0/s1. The molecular formula is C14H23N5O5. The summed E-state index contributed by atoms with van der Waals surface area (Å²) >= 11 is 0. The van der Waals surface area contributed by atoms with Crippen LogP contribution in [0.25, 0.3) is 0 Å². The largest absolute Gasteiger partial charge is 0.471 e. The molecule has 1 rings (SSSR count). The third-order valence-electron chi connectivity index (χ3n) is 3.13. The fourth-order valence-electron chi connectivity index (χ4n) is 2.15. The van der Waals surface area contributed by atoms with Gasteiger partial charge in [-0.15, -0.1) is 0 Å². The van der Waals surface area contributed by atoms with Gasteiger partial charge < -0.3 is 31.6 Å². The fraction of sp³-hybridized carbons (Fsp3) is 0.571. The zero-order valence-electron chi connectivity index (χ0n) is 13.9. The molecule has 0 aromatic heterocycles. The maximum Gasteiger partial charge on any atom is 0.373 e. The number of aliphatic imine (C=N–C) groups is 1. The average molecular weight is 341 g/mol. The van der Waals surface area contributed by atoms with Crippen LogP contribution in [0.1, 0.15) is 20.3 Å². The highest BCUT2D eigenvalue weighted by molar-refractivity contribution is 5.90. The van der Waals surface area contributed by atoms with Gasteiger partial charge in [-0.25, -0.2) is 9.79 Å². The SMILES string of the molecule is CCCNC(=O)[C@@H]1OC(C(=O)OC)=C[C@H](N=C(N)N)[C@H]1NC(C)=O. The Morgan fingerprint density at radius 1 is 1.38 bits per heavy atom. The van der Waals surface area contributed by atoms with E-state index in [9.17, 15) is 14.4 Å². The Balaban J connectivity index is 3.23. The van der Waals surface area contributed by atoms with Crippen LogP contribution in [0.2, 0.25) is 0 Å². The predicted molar refractivity (Wildman–Crippen MR) is 85.5 cm³/mol. The van der Waals surface area contributed by atoms with Crippen LogP contribution < -0.4 is 22.1 Å². The van der Waals surface area contributed by atoms with Gasteiger partial charge in [0.1, 0.15) is 12.1 Å². The summed E-state index contributed by atoms with van der Waals surface area (Å²) in [5.74, 6) is -2.14. The molecule has 10 heteroatoms. The first-order chi connectivity index (χ1) is 11.3. The first-order valence-corrected chi connectivity index (χ1v) is 7.40. The third kappa shape index (κ3) is 5.14. The second kappa shape index (κ2) is 8.75. The van der Waals surface area contributed by atoms with Crippen molar-refractivity contribution in [1.82, 2.24) is 10.6 Å². The van der Waals surface area contributed by atoms with Crippen LogP contribution in [-0.4, -0.2) is 55.6 Å². The highest BCUT2D eigenvalue weighted by Gasteiger charge is 2.42. The molecule has 1 aliphatic heterocycles. The maximum absolute atomic E-state index is 12.4. The molecule has 0 fully saturated rings. The second-order valence-corrected chi connectivity index (χ2v) is 5.12. The van der Waals surface area contributed by atoms with Gasteiger partial charge in [-0.1, -0.05) is 6.92 Å². The Bertz CT molecular complexity index is 556. The first kappa shape index (κ1) is 19.3. The smallest absolute Gasteiger partial charge is 0.373 e. The Hall–Kier alpha value is -2.78. The molecular weight excluding hydrogens is 318 g/mol. The zero-order valence-corrected chi connectivity index (χ0v) is 13.9. The summed E-state index contributed by atoms with van der Waals surface area (Å²) in [6, 6.07) is -1.74. The number of hydrogen-bond donors (Lipinski definition) is 4. The van der Waals surface area contributed by atoms with Gasteiger partial charge in [0.25, 0.3) is 5.91 Å². The van der Waals surface area contributed by atoms with Crippen molar-refractivity contribution < 1.29 is 23.9 Å².